The first-order valence-electron chi connectivity index (χ1n) is 4.72. The highest BCUT2D eigenvalue weighted by Gasteiger charge is 2.42. The fourth-order valence-corrected chi connectivity index (χ4v) is 1.02. The number of rotatable bonds is 6. The summed E-state index contributed by atoms with van der Waals surface area (Å²) < 4.78 is 37.1. The van der Waals surface area contributed by atoms with E-state index in [9.17, 15) is 13.2 Å². The molecule has 0 aromatic heterocycles. The Balaban J connectivity index is 4.15. The van der Waals surface area contributed by atoms with Gasteiger partial charge in [-0.25, -0.2) is 0 Å². The molecule has 0 aliphatic rings. The molecule has 2 unspecified atom stereocenters. The van der Waals surface area contributed by atoms with Crippen LogP contribution in [0.1, 0.15) is 13.3 Å². The molecule has 0 spiro atoms. The minimum Gasteiger partial charge on any atom is -0.409 e. The number of nitrogens with one attached hydrogen (secondary N) is 1. The van der Waals surface area contributed by atoms with Crippen LogP contribution in [0.5, 0.6) is 0 Å². The molecule has 8 heteroatoms. The zero-order chi connectivity index (χ0) is 12.8. The molecule has 0 aromatic carbocycles. The molecule has 0 rings (SSSR count). The summed E-state index contributed by atoms with van der Waals surface area (Å²) in [5, 5.41) is 21.9. The summed E-state index contributed by atoms with van der Waals surface area (Å²) >= 11 is 0. The van der Waals surface area contributed by atoms with Crippen molar-refractivity contribution in [3.05, 3.63) is 0 Å². The molecule has 0 bridgehead atoms. The van der Waals surface area contributed by atoms with Gasteiger partial charge in [0.05, 0.1) is 6.10 Å². The summed E-state index contributed by atoms with van der Waals surface area (Å²) in [4.78, 5) is 0. The van der Waals surface area contributed by atoms with Crippen molar-refractivity contribution in [2.24, 2.45) is 16.8 Å². The Kier molecular flexibility index (Phi) is 6.12. The molecule has 2 atom stereocenters. The molecule has 5 N–H and O–H groups in total. The quantitative estimate of drug-likeness (QED) is 0.177. The normalized spacial score (nSPS) is 17.2. The average molecular weight is 243 g/mol. The van der Waals surface area contributed by atoms with E-state index in [0.717, 1.165) is 0 Å². The van der Waals surface area contributed by atoms with E-state index >= 15 is 0 Å². The third-order valence-electron chi connectivity index (χ3n) is 1.95. The van der Waals surface area contributed by atoms with Crippen LogP contribution in [0.15, 0.2) is 5.16 Å². The summed E-state index contributed by atoms with van der Waals surface area (Å²) in [5.74, 6) is -2.90. The SMILES string of the molecule is CC(O)CCNCC(C(N)=NO)C(F)(F)F. The molecule has 0 aliphatic carbocycles. The molecule has 96 valence electrons. The Morgan fingerprint density at radius 2 is 2.06 bits per heavy atom. The molecule has 0 heterocycles. The summed E-state index contributed by atoms with van der Waals surface area (Å²) in [7, 11) is 0. The lowest BCUT2D eigenvalue weighted by molar-refractivity contribution is -0.154. The van der Waals surface area contributed by atoms with Crippen LogP contribution in [-0.4, -0.2) is 41.5 Å². The first-order chi connectivity index (χ1) is 7.29. The molecule has 0 radical (unpaired) electrons. The number of amidine groups is 1. The van der Waals surface area contributed by atoms with E-state index in [1.54, 1.807) is 0 Å². The molecule has 16 heavy (non-hydrogen) atoms. The zero-order valence-corrected chi connectivity index (χ0v) is 8.83. The number of halogens is 3. The number of aliphatic hydroxyl groups is 1. The molecular formula is C8H16F3N3O2. The van der Waals surface area contributed by atoms with Gasteiger partial charge < -0.3 is 21.4 Å². The topological polar surface area (TPSA) is 90.9 Å². The summed E-state index contributed by atoms with van der Waals surface area (Å²) in [5.41, 5.74) is 4.94. The Morgan fingerprint density at radius 3 is 2.44 bits per heavy atom. The molecule has 0 fully saturated rings. The number of alkyl halides is 3. The summed E-state index contributed by atoms with van der Waals surface area (Å²) in [6.07, 6.45) is -4.81. The minimum absolute atomic E-state index is 0.225. The monoisotopic (exact) mass is 243 g/mol. The highest BCUT2D eigenvalue weighted by molar-refractivity contribution is 5.83. The molecular weight excluding hydrogens is 227 g/mol. The largest absolute Gasteiger partial charge is 0.409 e. The van der Waals surface area contributed by atoms with E-state index in [1.807, 2.05) is 0 Å². The highest BCUT2D eigenvalue weighted by atomic mass is 19.4. The first kappa shape index (κ1) is 15.0. The Labute approximate surface area is 91.1 Å². The van der Waals surface area contributed by atoms with Crippen LogP contribution in [0.2, 0.25) is 0 Å². The maximum atomic E-state index is 12.4. The van der Waals surface area contributed by atoms with Crippen LogP contribution < -0.4 is 11.1 Å². The van der Waals surface area contributed by atoms with E-state index in [0.29, 0.717) is 6.42 Å². The molecule has 0 aliphatic heterocycles. The lowest BCUT2D eigenvalue weighted by atomic mass is 10.1. The molecule has 5 nitrogen and oxygen atoms in total. The minimum atomic E-state index is -4.56. The van der Waals surface area contributed by atoms with Crippen molar-refractivity contribution >= 4 is 5.84 Å². The number of nitrogens with two attached hydrogens (primary N) is 1. The molecule has 0 amide bonds. The van der Waals surface area contributed by atoms with Gasteiger partial charge in [0, 0.05) is 6.54 Å². The van der Waals surface area contributed by atoms with E-state index in [2.05, 4.69) is 10.5 Å². The van der Waals surface area contributed by atoms with Gasteiger partial charge in [0.1, 0.15) is 5.92 Å². The number of aliphatic hydroxyl groups excluding tert-OH is 1. The molecule has 0 aromatic rings. The van der Waals surface area contributed by atoms with E-state index < -0.39 is 30.6 Å². The maximum Gasteiger partial charge on any atom is 0.400 e. The van der Waals surface area contributed by atoms with Crippen LogP contribution >= 0.6 is 0 Å². The van der Waals surface area contributed by atoms with Crippen LogP contribution in [0.4, 0.5) is 13.2 Å². The standard InChI is InChI=1S/C8H16F3N3O2/c1-5(15)2-3-13-4-6(7(12)14-16)8(9,10)11/h5-6,13,15-16H,2-4H2,1H3,(H2,12,14). The average Bonchev–Trinajstić information content (AvgIpc) is 2.14. The zero-order valence-electron chi connectivity index (χ0n) is 8.83. The third-order valence-corrected chi connectivity index (χ3v) is 1.95. The Morgan fingerprint density at radius 1 is 1.50 bits per heavy atom. The molecule has 0 saturated carbocycles. The van der Waals surface area contributed by atoms with Crippen LogP contribution in [0.3, 0.4) is 0 Å². The Bertz CT molecular complexity index is 231. The maximum absolute atomic E-state index is 12.4. The number of oxime groups is 1. The van der Waals surface area contributed by atoms with Gasteiger partial charge in [-0.3, -0.25) is 0 Å². The third kappa shape index (κ3) is 5.76. The molecule has 0 saturated heterocycles. The fraction of sp³-hybridized carbons (Fsp3) is 0.875. The van der Waals surface area contributed by atoms with Crippen molar-refractivity contribution in [1.29, 1.82) is 0 Å². The van der Waals surface area contributed by atoms with Crippen LogP contribution in [-0.2, 0) is 0 Å². The lowest BCUT2D eigenvalue weighted by Crippen LogP contribution is -2.43. The Hall–Kier alpha value is -1.02. The fourth-order valence-electron chi connectivity index (χ4n) is 1.02. The highest BCUT2D eigenvalue weighted by Crippen LogP contribution is 2.25. The van der Waals surface area contributed by atoms with Crippen LogP contribution in [0, 0.1) is 5.92 Å². The lowest BCUT2D eigenvalue weighted by Gasteiger charge is -2.19. The second-order valence-electron chi connectivity index (χ2n) is 3.46. The number of nitrogens with zero attached hydrogens (tertiary/aromatic N) is 1. The number of hydrogen-bond donors (Lipinski definition) is 4. The van der Waals surface area contributed by atoms with Gasteiger partial charge in [0.25, 0.3) is 0 Å². The first-order valence-corrected chi connectivity index (χ1v) is 4.72. The van der Waals surface area contributed by atoms with Gasteiger partial charge in [-0.05, 0) is 19.9 Å². The van der Waals surface area contributed by atoms with Gasteiger partial charge in [-0.2, -0.15) is 13.2 Å². The van der Waals surface area contributed by atoms with E-state index in [4.69, 9.17) is 16.0 Å². The van der Waals surface area contributed by atoms with E-state index in [1.165, 1.54) is 6.92 Å². The van der Waals surface area contributed by atoms with Gasteiger partial charge >= 0.3 is 6.18 Å². The second-order valence-corrected chi connectivity index (χ2v) is 3.46. The van der Waals surface area contributed by atoms with Crippen molar-refractivity contribution < 1.29 is 23.5 Å². The van der Waals surface area contributed by atoms with Crippen molar-refractivity contribution in [2.45, 2.75) is 25.6 Å². The van der Waals surface area contributed by atoms with Gasteiger partial charge in [-0.15, -0.1) is 0 Å². The van der Waals surface area contributed by atoms with Crippen molar-refractivity contribution in [3.8, 4) is 0 Å². The van der Waals surface area contributed by atoms with E-state index in [-0.39, 0.29) is 6.54 Å². The summed E-state index contributed by atoms with van der Waals surface area (Å²) in [6.45, 7) is 1.28. The van der Waals surface area contributed by atoms with Crippen molar-refractivity contribution in [3.63, 3.8) is 0 Å². The summed E-state index contributed by atoms with van der Waals surface area (Å²) in [6, 6.07) is 0. The van der Waals surface area contributed by atoms with Gasteiger partial charge in [0.2, 0.25) is 0 Å². The van der Waals surface area contributed by atoms with Gasteiger partial charge in [0.15, 0.2) is 5.84 Å². The predicted octanol–water partition coefficient (Wildman–Crippen LogP) is 0.272. The van der Waals surface area contributed by atoms with Gasteiger partial charge in [-0.1, -0.05) is 5.16 Å². The predicted molar refractivity (Wildman–Crippen MR) is 52.1 cm³/mol. The smallest absolute Gasteiger partial charge is 0.400 e. The number of hydrogen-bond acceptors (Lipinski definition) is 4. The van der Waals surface area contributed by atoms with Crippen molar-refractivity contribution in [1.82, 2.24) is 5.32 Å². The van der Waals surface area contributed by atoms with Crippen LogP contribution in [0.25, 0.3) is 0 Å². The second kappa shape index (κ2) is 6.54. The van der Waals surface area contributed by atoms with Crippen molar-refractivity contribution in [2.75, 3.05) is 13.1 Å².